The third-order valence-electron chi connectivity index (χ3n) is 2.86. The summed E-state index contributed by atoms with van der Waals surface area (Å²) in [5, 5.41) is 3.90. The van der Waals surface area contributed by atoms with Crippen LogP contribution in [0.25, 0.3) is 0 Å². The SMILES string of the molecule is O=c1cc(Nc2ccc(I)cc2F)cc2n1CCS2. The van der Waals surface area contributed by atoms with Gasteiger partial charge in [-0.1, -0.05) is 0 Å². The predicted octanol–water partition coefficient (Wildman–Crippen LogP) is 3.44. The van der Waals surface area contributed by atoms with Crippen LogP contribution in [0.15, 0.2) is 40.2 Å². The fraction of sp³-hybridized carbons (Fsp3) is 0.154. The first-order valence-corrected chi connectivity index (χ1v) is 7.80. The first-order valence-electron chi connectivity index (χ1n) is 5.73. The molecule has 0 bridgehead atoms. The van der Waals surface area contributed by atoms with Gasteiger partial charge in [-0.05, 0) is 46.9 Å². The van der Waals surface area contributed by atoms with E-state index in [1.165, 1.54) is 12.1 Å². The minimum atomic E-state index is -0.319. The number of nitrogens with one attached hydrogen (secondary N) is 1. The minimum absolute atomic E-state index is 0.0454. The highest BCUT2D eigenvalue weighted by atomic mass is 127. The van der Waals surface area contributed by atoms with E-state index >= 15 is 0 Å². The van der Waals surface area contributed by atoms with E-state index in [0.717, 1.165) is 20.9 Å². The number of aromatic nitrogens is 1. The number of thioether (sulfide) groups is 1. The molecule has 2 heterocycles. The van der Waals surface area contributed by atoms with Gasteiger partial charge in [-0.25, -0.2) is 4.39 Å². The van der Waals surface area contributed by atoms with Crippen molar-refractivity contribution < 1.29 is 4.39 Å². The zero-order chi connectivity index (χ0) is 13.4. The smallest absolute Gasteiger partial charge is 0.253 e. The van der Waals surface area contributed by atoms with E-state index in [-0.39, 0.29) is 11.4 Å². The molecule has 0 unspecified atom stereocenters. The van der Waals surface area contributed by atoms with Crippen LogP contribution >= 0.6 is 34.4 Å². The molecule has 0 atom stereocenters. The van der Waals surface area contributed by atoms with Gasteiger partial charge in [-0.2, -0.15) is 0 Å². The molecular weight excluding hydrogens is 378 g/mol. The lowest BCUT2D eigenvalue weighted by atomic mass is 10.3. The summed E-state index contributed by atoms with van der Waals surface area (Å²) in [5.41, 5.74) is 0.967. The normalized spacial score (nSPS) is 13.4. The Labute approximate surface area is 127 Å². The lowest BCUT2D eigenvalue weighted by molar-refractivity contribution is 0.631. The molecule has 3 rings (SSSR count). The van der Waals surface area contributed by atoms with Crippen molar-refractivity contribution in [3.63, 3.8) is 0 Å². The second kappa shape index (κ2) is 5.16. The van der Waals surface area contributed by atoms with Gasteiger partial charge < -0.3 is 9.88 Å². The summed E-state index contributed by atoms with van der Waals surface area (Å²) in [5.74, 6) is 0.594. The number of fused-ring (bicyclic) bond motifs is 1. The molecule has 0 fully saturated rings. The average molecular weight is 388 g/mol. The summed E-state index contributed by atoms with van der Waals surface area (Å²) in [6.07, 6.45) is 0. The first-order chi connectivity index (χ1) is 9.13. The Bertz CT molecular complexity index is 702. The van der Waals surface area contributed by atoms with Crippen molar-refractivity contribution in [2.75, 3.05) is 11.1 Å². The van der Waals surface area contributed by atoms with E-state index < -0.39 is 0 Å². The maximum Gasteiger partial charge on any atom is 0.253 e. The topological polar surface area (TPSA) is 34.0 Å². The van der Waals surface area contributed by atoms with Crippen molar-refractivity contribution >= 4 is 45.7 Å². The molecule has 1 aliphatic rings. The summed E-state index contributed by atoms with van der Waals surface area (Å²) in [6, 6.07) is 8.34. The van der Waals surface area contributed by atoms with Gasteiger partial charge >= 0.3 is 0 Å². The monoisotopic (exact) mass is 388 g/mol. The van der Waals surface area contributed by atoms with Gasteiger partial charge in [0.05, 0.1) is 10.7 Å². The lowest BCUT2D eigenvalue weighted by Gasteiger charge is -2.09. The first kappa shape index (κ1) is 13.0. The molecule has 0 spiro atoms. The molecule has 98 valence electrons. The van der Waals surface area contributed by atoms with Gasteiger partial charge in [0, 0.05) is 27.6 Å². The molecule has 19 heavy (non-hydrogen) atoms. The number of benzene rings is 1. The Morgan fingerprint density at radius 1 is 1.32 bits per heavy atom. The molecule has 0 saturated carbocycles. The van der Waals surface area contributed by atoms with Gasteiger partial charge in [0.1, 0.15) is 5.82 Å². The number of hydrogen-bond donors (Lipinski definition) is 1. The van der Waals surface area contributed by atoms with Crippen molar-refractivity contribution in [3.8, 4) is 0 Å². The van der Waals surface area contributed by atoms with E-state index in [4.69, 9.17) is 0 Å². The summed E-state index contributed by atoms with van der Waals surface area (Å²) in [4.78, 5) is 11.9. The van der Waals surface area contributed by atoms with Crippen LogP contribution in [0.4, 0.5) is 15.8 Å². The van der Waals surface area contributed by atoms with Crippen molar-refractivity contribution in [3.05, 3.63) is 50.1 Å². The number of pyridine rings is 1. The zero-order valence-electron chi connectivity index (χ0n) is 9.82. The van der Waals surface area contributed by atoms with E-state index in [1.807, 2.05) is 12.1 Å². The van der Waals surface area contributed by atoms with Crippen molar-refractivity contribution in [1.82, 2.24) is 4.57 Å². The second-order valence-electron chi connectivity index (χ2n) is 4.17. The zero-order valence-corrected chi connectivity index (χ0v) is 12.8. The van der Waals surface area contributed by atoms with Crippen LogP contribution in [0, 0.1) is 9.39 Å². The van der Waals surface area contributed by atoms with Gasteiger partial charge in [-0.3, -0.25) is 4.79 Å². The van der Waals surface area contributed by atoms with E-state index in [2.05, 4.69) is 27.9 Å². The quantitative estimate of drug-likeness (QED) is 0.801. The molecule has 3 nitrogen and oxygen atoms in total. The molecule has 1 N–H and O–H groups in total. The highest BCUT2D eigenvalue weighted by Gasteiger charge is 2.14. The van der Waals surface area contributed by atoms with Crippen molar-refractivity contribution in [2.45, 2.75) is 11.6 Å². The van der Waals surface area contributed by atoms with Crippen LogP contribution in [0.2, 0.25) is 0 Å². The lowest BCUT2D eigenvalue weighted by Crippen LogP contribution is -2.18. The molecule has 0 aliphatic carbocycles. The number of rotatable bonds is 2. The minimum Gasteiger partial charge on any atom is -0.353 e. The number of halogens is 2. The molecule has 0 saturated heterocycles. The number of anilines is 2. The highest BCUT2D eigenvalue weighted by molar-refractivity contribution is 14.1. The largest absolute Gasteiger partial charge is 0.353 e. The summed E-state index contributed by atoms with van der Waals surface area (Å²) < 4.78 is 16.3. The van der Waals surface area contributed by atoms with Crippen molar-refractivity contribution in [2.24, 2.45) is 0 Å². The third-order valence-corrected chi connectivity index (χ3v) is 4.56. The Morgan fingerprint density at radius 3 is 2.95 bits per heavy atom. The number of hydrogen-bond acceptors (Lipinski definition) is 3. The van der Waals surface area contributed by atoms with Crippen LogP contribution in [0.1, 0.15) is 0 Å². The second-order valence-corrected chi connectivity index (χ2v) is 6.53. The Morgan fingerprint density at radius 2 is 2.16 bits per heavy atom. The van der Waals surface area contributed by atoms with Crippen LogP contribution in [-0.2, 0) is 6.54 Å². The molecule has 0 radical (unpaired) electrons. The molecular formula is C13H10FIN2OS. The number of nitrogens with zero attached hydrogens (tertiary/aromatic N) is 1. The molecule has 1 aliphatic heterocycles. The Balaban J connectivity index is 1.96. The summed E-state index contributed by atoms with van der Waals surface area (Å²) in [7, 11) is 0. The van der Waals surface area contributed by atoms with Gasteiger partial charge in [0.25, 0.3) is 5.56 Å². The van der Waals surface area contributed by atoms with Gasteiger partial charge in [-0.15, -0.1) is 11.8 Å². The van der Waals surface area contributed by atoms with Crippen LogP contribution in [0.5, 0.6) is 0 Å². The third kappa shape index (κ3) is 2.64. The van der Waals surface area contributed by atoms with Crippen molar-refractivity contribution in [1.29, 1.82) is 0 Å². The van der Waals surface area contributed by atoms with E-state index in [1.54, 1.807) is 22.4 Å². The summed E-state index contributed by atoms with van der Waals surface area (Å²) >= 11 is 3.70. The van der Waals surface area contributed by atoms with Crippen LogP contribution < -0.4 is 10.9 Å². The fourth-order valence-electron chi connectivity index (χ4n) is 1.97. The Hall–Kier alpha value is -1.02. The molecule has 1 aromatic heterocycles. The standard InChI is InChI=1S/C13H10FIN2OS/c14-10-5-8(15)1-2-11(10)16-9-6-12(18)17-3-4-19-13(17)7-9/h1-2,5-7,16H,3-4H2. The molecule has 6 heteroatoms. The van der Waals surface area contributed by atoms with Crippen LogP contribution in [-0.4, -0.2) is 10.3 Å². The molecule has 0 amide bonds. The van der Waals surface area contributed by atoms with E-state index in [9.17, 15) is 9.18 Å². The van der Waals surface area contributed by atoms with Crippen LogP contribution in [0.3, 0.4) is 0 Å². The van der Waals surface area contributed by atoms with Gasteiger partial charge in [0.15, 0.2) is 0 Å². The highest BCUT2D eigenvalue weighted by Crippen LogP contribution is 2.28. The maximum absolute atomic E-state index is 13.8. The average Bonchev–Trinajstić information content (AvgIpc) is 2.81. The Kier molecular flexibility index (Phi) is 3.53. The summed E-state index contributed by atoms with van der Waals surface area (Å²) in [6.45, 7) is 0.747. The van der Waals surface area contributed by atoms with Gasteiger partial charge in [0.2, 0.25) is 0 Å². The maximum atomic E-state index is 13.8. The van der Waals surface area contributed by atoms with E-state index in [0.29, 0.717) is 11.4 Å². The predicted molar refractivity (Wildman–Crippen MR) is 83.8 cm³/mol. The molecule has 2 aromatic rings. The molecule has 1 aromatic carbocycles. The fourth-order valence-corrected chi connectivity index (χ4v) is 3.46.